The molecule has 0 aromatic rings. The quantitative estimate of drug-likeness (QED) is 0.826. The third-order valence-electron chi connectivity index (χ3n) is 4.77. The van der Waals surface area contributed by atoms with Gasteiger partial charge in [-0.1, -0.05) is 19.8 Å². The molecule has 0 aromatic heterocycles. The van der Waals surface area contributed by atoms with E-state index >= 15 is 0 Å². The number of carbonyl (C=O) groups is 1. The highest BCUT2D eigenvalue weighted by molar-refractivity contribution is 7.87. The van der Waals surface area contributed by atoms with Crippen LogP contribution in [0.15, 0.2) is 0 Å². The third kappa shape index (κ3) is 3.96. The fourth-order valence-corrected chi connectivity index (χ4v) is 4.86. The SMILES string of the molecule is CC1CCC(NS(=O)(=O)N2CCCCCC2)(C(=O)O)CC1. The van der Waals surface area contributed by atoms with E-state index in [1.54, 1.807) is 0 Å². The molecule has 2 N–H and O–H groups in total. The number of hydrogen-bond donors (Lipinski definition) is 2. The minimum atomic E-state index is -3.72. The van der Waals surface area contributed by atoms with Crippen molar-refractivity contribution in [3.63, 3.8) is 0 Å². The first-order valence-corrected chi connectivity index (χ1v) is 9.32. The maximum Gasteiger partial charge on any atom is 0.324 e. The van der Waals surface area contributed by atoms with Crippen LogP contribution in [0.1, 0.15) is 58.3 Å². The largest absolute Gasteiger partial charge is 0.480 e. The van der Waals surface area contributed by atoms with Gasteiger partial charge in [0.25, 0.3) is 10.2 Å². The summed E-state index contributed by atoms with van der Waals surface area (Å²) in [7, 11) is -3.72. The molecule has 0 unspecified atom stereocenters. The standard InChI is InChI=1S/C14H26N2O4S/c1-12-6-8-14(9-7-12,13(17)18)15-21(19,20)16-10-4-2-3-5-11-16/h12,15H,2-11H2,1H3,(H,17,18). The molecule has 7 heteroatoms. The molecule has 0 atom stereocenters. The van der Waals surface area contributed by atoms with Crippen LogP contribution in [0.2, 0.25) is 0 Å². The van der Waals surface area contributed by atoms with Crippen LogP contribution in [0.25, 0.3) is 0 Å². The van der Waals surface area contributed by atoms with Crippen LogP contribution in [0, 0.1) is 5.92 Å². The predicted molar refractivity (Wildman–Crippen MR) is 80.1 cm³/mol. The fraction of sp³-hybridized carbons (Fsp3) is 0.929. The Morgan fingerprint density at radius 2 is 1.67 bits per heavy atom. The van der Waals surface area contributed by atoms with Crippen molar-refractivity contribution in [2.75, 3.05) is 13.1 Å². The number of nitrogens with zero attached hydrogens (tertiary/aromatic N) is 1. The van der Waals surface area contributed by atoms with Crippen molar-refractivity contribution in [3.05, 3.63) is 0 Å². The van der Waals surface area contributed by atoms with E-state index in [-0.39, 0.29) is 0 Å². The van der Waals surface area contributed by atoms with Crippen molar-refractivity contribution in [1.29, 1.82) is 0 Å². The monoisotopic (exact) mass is 318 g/mol. The number of nitrogens with one attached hydrogen (secondary N) is 1. The Hall–Kier alpha value is -0.660. The minimum Gasteiger partial charge on any atom is -0.480 e. The normalized spacial score (nSPS) is 32.5. The van der Waals surface area contributed by atoms with Crippen LogP contribution in [0.5, 0.6) is 0 Å². The van der Waals surface area contributed by atoms with Crippen molar-refractivity contribution in [1.82, 2.24) is 9.03 Å². The van der Waals surface area contributed by atoms with Crippen molar-refractivity contribution in [2.45, 2.75) is 63.8 Å². The van der Waals surface area contributed by atoms with Gasteiger partial charge < -0.3 is 5.11 Å². The third-order valence-corrected chi connectivity index (χ3v) is 6.46. The Balaban J connectivity index is 2.13. The van der Waals surface area contributed by atoms with Gasteiger partial charge in [-0.05, 0) is 44.4 Å². The maximum atomic E-state index is 12.5. The van der Waals surface area contributed by atoms with Crippen LogP contribution in [-0.4, -0.2) is 42.4 Å². The zero-order valence-corrected chi connectivity index (χ0v) is 13.5. The van der Waals surface area contributed by atoms with Gasteiger partial charge in [0.1, 0.15) is 5.54 Å². The molecule has 0 radical (unpaired) electrons. The number of hydrogen-bond acceptors (Lipinski definition) is 3. The molecule has 2 fully saturated rings. The molecule has 0 amide bonds. The van der Waals surface area contributed by atoms with Gasteiger partial charge in [0.05, 0.1) is 0 Å². The van der Waals surface area contributed by atoms with Gasteiger partial charge >= 0.3 is 5.97 Å². The smallest absolute Gasteiger partial charge is 0.324 e. The van der Waals surface area contributed by atoms with E-state index in [4.69, 9.17) is 0 Å². The van der Waals surface area contributed by atoms with Crippen molar-refractivity contribution in [2.24, 2.45) is 5.92 Å². The van der Waals surface area contributed by atoms with Crippen LogP contribution < -0.4 is 4.72 Å². The lowest BCUT2D eigenvalue weighted by Gasteiger charge is -2.37. The molecular weight excluding hydrogens is 292 g/mol. The van der Waals surface area contributed by atoms with Gasteiger partial charge in [-0.25, -0.2) is 0 Å². The molecule has 1 saturated carbocycles. The summed E-state index contributed by atoms with van der Waals surface area (Å²) < 4.78 is 29.0. The molecule has 2 aliphatic rings. The van der Waals surface area contributed by atoms with Gasteiger partial charge in [-0.15, -0.1) is 0 Å². The summed E-state index contributed by atoms with van der Waals surface area (Å²) in [6.45, 7) is 3.05. The van der Waals surface area contributed by atoms with Crippen molar-refractivity contribution < 1.29 is 18.3 Å². The molecule has 0 spiro atoms. The number of carboxylic acids is 1. The van der Waals surface area contributed by atoms with Gasteiger partial charge in [0.15, 0.2) is 0 Å². The summed E-state index contributed by atoms with van der Waals surface area (Å²) in [6.07, 6.45) is 5.99. The molecule has 2 rings (SSSR count). The molecule has 0 aromatic carbocycles. The average molecular weight is 318 g/mol. The molecule has 1 saturated heterocycles. The second-order valence-electron chi connectivity index (χ2n) is 6.49. The lowest BCUT2D eigenvalue weighted by molar-refractivity contribution is -0.145. The van der Waals surface area contributed by atoms with Crippen LogP contribution in [-0.2, 0) is 15.0 Å². The lowest BCUT2D eigenvalue weighted by Crippen LogP contribution is -2.59. The van der Waals surface area contributed by atoms with Gasteiger partial charge in [-0.2, -0.15) is 17.4 Å². The first-order valence-electron chi connectivity index (χ1n) is 7.88. The minimum absolute atomic E-state index is 0.372. The molecule has 1 aliphatic carbocycles. The summed E-state index contributed by atoms with van der Waals surface area (Å²) in [4.78, 5) is 11.7. The van der Waals surface area contributed by atoms with Gasteiger partial charge in [-0.3, -0.25) is 4.79 Å². The van der Waals surface area contributed by atoms with E-state index in [1.165, 1.54) is 4.31 Å². The van der Waals surface area contributed by atoms with E-state index in [0.29, 0.717) is 31.8 Å². The summed E-state index contributed by atoms with van der Waals surface area (Å²) in [5, 5.41) is 9.55. The van der Waals surface area contributed by atoms with Gasteiger partial charge in [0, 0.05) is 13.1 Å². The average Bonchev–Trinajstić information content (AvgIpc) is 2.70. The van der Waals surface area contributed by atoms with E-state index in [9.17, 15) is 18.3 Å². The second-order valence-corrected chi connectivity index (χ2v) is 8.16. The molecule has 1 heterocycles. The molecule has 1 aliphatic heterocycles. The second kappa shape index (κ2) is 6.62. The topological polar surface area (TPSA) is 86.7 Å². The molecule has 6 nitrogen and oxygen atoms in total. The number of carboxylic acid groups (broad SMARTS) is 1. The van der Waals surface area contributed by atoms with Crippen LogP contribution in [0.3, 0.4) is 0 Å². The van der Waals surface area contributed by atoms with Crippen molar-refractivity contribution in [3.8, 4) is 0 Å². The summed E-state index contributed by atoms with van der Waals surface area (Å²) in [6, 6.07) is 0. The molecule has 21 heavy (non-hydrogen) atoms. The Labute approximate surface area is 127 Å². The zero-order chi connectivity index (χ0) is 15.5. The van der Waals surface area contributed by atoms with E-state index < -0.39 is 21.7 Å². The number of aliphatic carboxylic acids is 1. The lowest BCUT2D eigenvalue weighted by atomic mass is 9.78. The van der Waals surface area contributed by atoms with Crippen LogP contribution >= 0.6 is 0 Å². The fourth-order valence-electron chi connectivity index (χ4n) is 3.21. The Kier molecular flexibility index (Phi) is 5.27. The van der Waals surface area contributed by atoms with Gasteiger partial charge in [0.2, 0.25) is 0 Å². The van der Waals surface area contributed by atoms with E-state index in [2.05, 4.69) is 11.6 Å². The predicted octanol–water partition coefficient (Wildman–Crippen LogP) is 1.73. The zero-order valence-electron chi connectivity index (χ0n) is 12.7. The highest BCUT2D eigenvalue weighted by Gasteiger charge is 2.45. The highest BCUT2D eigenvalue weighted by atomic mass is 32.2. The number of rotatable bonds is 4. The molecule has 122 valence electrons. The molecule has 0 bridgehead atoms. The van der Waals surface area contributed by atoms with Crippen LogP contribution in [0.4, 0.5) is 0 Å². The highest BCUT2D eigenvalue weighted by Crippen LogP contribution is 2.33. The Morgan fingerprint density at radius 1 is 1.14 bits per heavy atom. The Bertz CT molecular complexity index is 461. The van der Waals surface area contributed by atoms with E-state index in [0.717, 1.165) is 38.5 Å². The first-order chi connectivity index (χ1) is 9.86. The summed E-state index contributed by atoms with van der Waals surface area (Å²) >= 11 is 0. The summed E-state index contributed by atoms with van der Waals surface area (Å²) in [5.41, 5.74) is -1.32. The first kappa shape index (κ1) is 16.7. The summed E-state index contributed by atoms with van der Waals surface area (Å²) in [5.74, 6) is -0.590. The maximum absolute atomic E-state index is 12.5. The molecular formula is C14H26N2O4S. The van der Waals surface area contributed by atoms with Crippen molar-refractivity contribution >= 4 is 16.2 Å². The van der Waals surface area contributed by atoms with E-state index in [1.807, 2.05) is 0 Å². The Morgan fingerprint density at radius 3 is 2.14 bits per heavy atom.